The molecule has 12 nitrogen and oxygen atoms in total. The van der Waals surface area contributed by atoms with Gasteiger partial charge in [-0.05, 0) is 69.8 Å². The molecule has 0 heterocycles. The van der Waals surface area contributed by atoms with Gasteiger partial charge in [-0.3, -0.25) is 9.59 Å². The number of carbonyl (C=O) groups is 4. The van der Waals surface area contributed by atoms with Crippen LogP contribution >= 0.6 is 0 Å². The third kappa shape index (κ3) is 8.85. The summed E-state index contributed by atoms with van der Waals surface area (Å²) in [5, 5.41) is 65.3. The fraction of sp³-hybridized carbons (Fsp3) is 0.0833. The molecule has 302 valence electrons. The summed E-state index contributed by atoms with van der Waals surface area (Å²) in [5.41, 5.74) is -6.73. The summed E-state index contributed by atoms with van der Waals surface area (Å²) in [6, 6.07) is 39.5. The molecule has 0 unspecified atom stereocenters. The third-order valence-electron chi connectivity index (χ3n) is 9.54. The zero-order valence-corrected chi connectivity index (χ0v) is 31.6. The number of hydrogen-bond donors (Lipinski definition) is 6. The molecular formula is C48H38O12. The van der Waals surface area contributed by atoms with Crippen molar-refractivity contribution in [2.75, 3.05) is 0 Å². The molecule has 0 aliphatic carbocycles. The Morgan fingerprint density at radius 1 is 0.417 bits per heavy atom. The lowest BCUT2D eigenvalue weighted by Gasteiger charge is -2.37. The highest BCUT2D eigenvalue weighted by molar-refractivity contribution is 6.27. The molecule has 0 aliphatic heterocycles. The molecule has 2 atom stereocenters. The average molecular weight is 807 g/mol. The molecule has 0 aromatic heterocycles. The van der Waals surface area contributed by atoms with Crippen molar-refractivity contribution in [3.05, 3.63) is 203 Å². The van der Waals surface area contributed by atoms with E-state index in [0.717, 1.165) is 36.4 Å². The number of carbonyl (C=O) groups excluding carboxylic acids is 4. The van der Waals surface area contributed by atoms with Gasteiger partial charge in [0.25, 0.3) is 11.2 Å². The van der Waals surface area contributed by atoms with Crippen molar-refractivity contribution in [1.29, 1.82) is 0 Å². The van der Waals surface area contributed by atoms with Crippen LogP contribution in [0.15, 0.2) is 170 Å². The second kappa shape index (κ2) is 18.2. The maximum atomic E-state index is 14.8. The van der Waals surface area contributed by atoms with Crippen molar-refractivity contribution in [3.63, 3.8) is 0 Å². The van der Waals surface area contributed by atoms with E-state index in [1.165, 1.54) is 12.1 Å². The highest BCUT2D eigenvalue weighted by Gasteiger charge is 2.70. The van der Waals surface area contributed by atoms with Crippen LogP contribution in [0.1, 0.15) is 45.6 Å². The zero-order valence-electron chi connectivity index (χ0n) is 31.6. The molecule has 0 aliphatic rings. The van der Waals surface area contributed by atoms with Crippen LogP contribution in [0.2, 0.25) is 0 Å². The molecule has 6 aromatic carbocycles. The predicted molar refractivity (Wildman–Crippen MR) is 219 cm³/mol. The Morgan fingerprint density at radius 3 is 0.967 bits per heavy atom. The van der Waals surface area contributed by atoms with E-state index in [1.54, 1.807) is 121 Å². The quantitative estimate of drug-likeness (QED) is 0.0285. The number of phenols is 4. The number of aliphatic hydroxyl groups is 2. The van der Waals surface area contributed by atoms with Gasteiger partial charge in [-0.25, -0.2) is 9.59 Å². The van der Waals surface area contributed by atoms with Gasteiger partial charge in [0, 0.05) is 0 Å². The topological polar surface area (TPSA) is 208 Å². The first-order valence-corrected chi connectivity index (χ1v) is 18.4. The summed E-state index contributed by atoms with van der Waals surface area (Å²) >= 11 is 0. The van der Waals surface area contributed by atoms with Crippen molar-refractivity contribution in [2.24, 2.45) is 0 Å². The number of aromatic hydroxyl groups is 4. The minimum absolute atomic E-state index is 0.0542. The summed E-state index contributed by atoms with van der Waals surface area (Å²) in [6.07, 6.45) is 0.425. The Morgan fingerprint density at radius 2 is 0.700 bits per heavy atom. The van der Waals surface area contributed by atoms with E-state index in [2.05, 4.69) is 0 Å². The van der Waals surface area contributed by atoms with Crippen LogP contribution in [0.5, 0.6) is 23.0 Å². The largest absolute Gasteiger partial charge is 0.504 e. The molecule has 6 aromatic rings. The average Bonchev–Trinajstić information content (AvgIpc) is 3.28. The first-order valence-electron chi connectivity index (χ1n) is 18.4. The standard InChI is InChI=1S/C48H38O12/c49-37-25-21-31(29-39(37)51)23-27-41(53)47(57,45(55)59-43(33-13-5-1-6-14-33)34-15-7-2-8-16-34)48(58,42(54)28-24-32-22-26-38(50)40(52)30-32)46(56)60-44(35-17-9-3-10-18-35)36-19-11-4-12-20-36/h1-30,43-44,49-52,57-58H/b27-23+,28-24+/t47-,48-/m1/s1. The van der Waals surface area contributed by atoms with Crippen LogP contribution in [-0.4, -0.2) is 65.3 Å². The van der Waals surface area contributed by atoms with Crippen LogP contribution in [0.4, 0.5) is 0 Å². The van der Waals surface area contributed by atoms with Gasteiger partial charge in [0.2, 0.25) is 11.6 Å². The van der Waals surface area contributed by atoms with E-state index >= 15 is 0 Å². The lowest BCUT2D eigenvalue weighted by Crippen LogP contribution is -2.71. The Hall–Kier alpha value is -7.80. The second-order valence-electron chi connectivity index (χ2n) is 13.5. The van der Waals surface area contributed by atoms with Gasteiger partial charge in [0.15, 0.2) is 35.2 Å². The van der Waals surface area contributed by atoms with Crippen LogP contribution in [0.25, 0.3) is 12.2 Å². The fourth-order valence-corrected chi connectivity index (χ4v) is 6.28. The number of ether oxygens (including phenoxy) is 2. The summed E-state index contributed by atoms with van der Waals surface area (Å²) in [7, 11) is 0. The second-order valence-corrected chi connectivity index (χ2v) is 13.5. The van der Waals surface area contributed by atoms with Crippen molar-refractivity contribution >= 4 is 35.7 Å². The highest BCUT2D eigenvalue weighted by Crippen LogP contribution is 2.37. The highest BCUT2D eigenvalue weighted by atomic mass is 16.6. The van der Waals surface area contributed by atoms with Gasteiger partial charge in [-0.15, -0.1) is 0 Å². The lowest BCUT2D eigenvalue weighted by molar-refractivity contribution is -0.213. The Kier molecular flexibility index (Phi) is 12.7. The summed E-state index contributed by atoms with van der Waals surface area (Å²) in [4.78, 5) is 58.8. The molecule has 0 amide bonds. The van der Waals surface area contributed by atoms with Crippen molar-refractivity contribution < 1.29 is 59.3 Å². The molecule has 60 heavy (non-hydrogen) atoms. The summed E-state index contributed by atoms with van der Waals surface area (Å²) in [6.45, 7) is 0. The maximum Gasteiger partial charge on any atom is 0.351 e. The number of rotatable bonds is 15. The smallest absolute Gasteiger partial charge is 0.351 e. The van der Waals surface area contributed by atoms with Gasteiger partial charge in [0.1, 0.15) is 0 Å². The lowest BCUT2D eigenvalue weighted by atomic mass is 9.75. The SMILES string of the molecule is O=C(/C=C/c1ccc(O)c(O)c1)[C@@](O)(C(=O)OC(c1ccccc1)c1ccccc1)[C@@](O)(C(=O)/C=C/c1ccc(O)c(O)c1)C(=O)OC(c1ccccc1)c1ccccc1. The van der Waals surface area contributed by atoms with Gasteiger partial charge in [-0.2, -0.15) is 0 Å². The van der Waals surface area contributed by atoms with E-state index in [1.807, 2.05) is 0 Å². The summed E-state index contributed by atoms with van der Waals surface area (Å²) in [5.74, 6) is -9.45. The molecule has 0 saturated carbocycles. The zero-order chi connectivity index (χ0) is 42.9. The van der Waals surface area contributed by atoms with Gasteiger partial charge in [0.05, 0.1) is 0 Å². The molecular weight excluding hydrogens is 769 g/mol. The summed E-state index contributed by atoms with van der Waals surface area (Å²) < 4.78 is 11.8. The van der Waals surface area contributed by atoms with Crippen molar-refractivity contribution in [3.8, 4) is 23.0 Å². The van der Waals surface area contributed by atoms with E-state index in [-0.39, 0.29) is 11.1 Å². The Bertz CT molecular complexity index is 2280. The number of phenolic OH excluding ortho intramolecular Hbond substituents is 4. The fourth-order valence-electron chi connectivity index (χ4n) is 6.28. The van der Waals surface area contributed by atoms with E-state index in [4.69, 9.17) is 9.47 Å². The number of ketones is 2. The monoisotopic (exact) mass is 806 g/mol. The Labute approximate surface area is 343 Å². The number of benzene rings is 6. The van der Waals surface area contributed by atoms with Crippen molar-refractivity contribution in [2.45, 2.75) is 23.4 Å². The molecule has 12 heteroatoms. The van der Waals surface area contributed by atoms with E-state index in [0.29, 0.717) is 34.4 Å². The van der Waals surface area contributed by atoms with Gasteiger partial charge < -0.3 is 40.1 Å². The van der Waals surface area contributed by atoms with Crippen LogP contribution < -0.4 is 0 Å². The molecule has 6 N–H and O–H groups in total. The first kappa shape index (κ1) is 41.8. The molecule has 0 radical (unpaired) electrons. The molecule has 0 fully saturated rings. The predicted octanol–water partition coefficient (Wildman–Crippen LogP) is 6.50. The molecule has 0 bridgehead atoms. The normalized spacial score (nSPS) is 13.5. The Balaban J connectivity index is 1.55. The molecule has 0 spiro atoms. The minimum Gasteiger partial charge on any atom is -0.504 e. The van der Waals surface area contributed by atoms with Gasteiger partial charge in [-0.1, -0.05) is 146 Å². The molecule has 0 saturated heterocycles. The minimum atomic E-state index is -4.11. The number of esters is 2. The van der Waals surface area contributed by atoms with Crippen molar-refractivity contribution in [1.82, 2.24) is 0 Å². The first-order chi connectivity index (χ1) is 28.8. The van der Waals surface area contributed by atoms with Gasteiger partial charge >= 0.3 is 11.9 Å². The van der Waals surface area contributed by atoms with E-state index < -0.39 is 69.9 Å². The third-order valence-corrected chi connectivity index (χ3v) is 9.54. The van der Waals surface area contributed by atoms with E-state index in [9.17, 15) is 49.8 Å². The van der Waals surface area contributed by atoms with Crippen LogP contribution in [0.3, 0.4) is 0 Å². The molecule has 6 rings (SSSR count). The number of hydrogen-bond acceptors (Lipinski definition) is 12. The van der Waals surface area contributed by atoms with Crippen LogP contribution in [0, 0.1) is 0 Å². The maximum absolute atomic E-state index is 14.8. The van der Waals surface area contributed by atoms with Crippen LogP contribution in [-0.2, 0) is 28.7 Å².